The first-order valence-electron chi connectivity index (χ1n) is 6.21. The minimum Gasteiger partial charge on any atom is -0.382 e. The fourth-order valence-electron chi connectivity index (χ4n) is 2.11. The maximum atomic E-state index is 11.8. The average molecular weight is 248 g/mol. The molecule has 2 rings (SSSR count). The van der Waals surface area contributed by atoms with Crippen molar-refractivity contribution in [3.8, 4) is 0 Å². The largest absolute Gasteiger partial charge is 0.382 e. The summed E-state index contributed by atoms with van der Waals surface area (Å²) in [5.74, 6) is 0.0297. The summed E-state index contributed by atoms with van der Waals surface area (Å²) in [5.41, 5.74) is 1.72. The number of rotatable bonds is 4. The highest BCUT2D eigenvalue weighted by Crippen LogP contribution is 2.26. The van der Waals surface area contributed by atoms with Crippen LogP contribution >= 0.6 is 0 Å². The summed E-state index contributed by atoms with van der Waals surface area (Å²) in [6.07, 6.45) is 2.44. The molecule has 4 heteroatoms. The van der Waals surface area contributed by atoms with Gasteiger partial charge in [-0.3, -0.25) is 4.79 Å². The number of amides is 1. The highest BCUT2D eigenvalue weighted by atomic mass is 16.5. The number of carbonyl (C=O) groups excluding carboxylic acids is 1. The molecule has 0 spiro atoms. The fraction of sp³-hybridized carbons (Fsp3) is 0.500. The van der Waals surface area contributed by atoms with E-state index in [2.05, 4.69) is 5.32 Å². The lowest BCUT2D eigenvalue weighted by Crippen LogP contribution is -2.40. The van der Waals surface area contributed by atoms with Crippen molar-refractivity contribution in [3.63, 3.8) is 0 Å². The molecule has 1 saturated carbocycles. The molecule has 1 aromatic carbocycles. The van der Waals surface area contributed by atoms with E-state index in [0.717, 1.165) is 18.5 Å². The summed E-state index contributed by atoms with van der Waals surface area (Å²) < 4.78 is 5.25. The number of carbonyl (C=O) groups is 1. The second-order valence-corrected chi connectivity index (χ2v) is 4.95. The number of methoxy groups -OCH3 is 1. The van der Waals surface area contributed by atoms with E-state index in [-0.39, 0.29) is 5.91 Å². The Hall–Kier alpha value is -1.55. The quantitative estimate of drug-likeness (QED) is 0.886. The number of hydrogen-bond donors (Lipinski definition) is 1. The minimum absolute atomic E-state index is 0.0297. The zero-order valence-corrected chi connectivity index (χ0v) is 11.1. The Balaban J connectivity index is 1.98. The summed E-state index contributed by atoms with van der Waals surface area (Å²) in [5, 5.41) is 3.43. The van der Waals surface area contributed by atoms with Crippen LogP contribution in [0.2, 0.25) is 0 Å². The predicted octanol–water partition coefficient (Wildman–Crippen LogP) is 1.98. The smallest absolute Gasteiger partial charge is 0.253 e. The normalized spacial score (nSPS) is 22.2. The standard InChI is InChI=1S/C14H20N2O2/c1-16(2)14(17)10-5-4-6-11(7-10)15-12-8-13(9-12)18-3/h4-7,12-13,15H,8-9H2,1-3H3. The van der Waals surface area contributed by atoms with Gasteiger partial charge in [0.05, 0.1) is 6.10 Å². The maximum absolute atomic E-state index is 11.8. The lowest BCUT2D eigenvalue weighted by atomic mass is 9.89. The van der Waals surface area contributed by atoms with Gasteiger partial charge in [-0.1, -0.05) is 6.07 Å². The molecule has 1 N–H and O–H groups in total. The Bertz CT molecular complexity index is 426. The molecule has 1 fully saturated rings. The summed E-state index contributed by atoms with van der Waals surface area (Å²) in [4.78, 5) is 13.4. The molecule has 0 atom stereocenters. The summed E-state index contributed by atoms with van der Waals surface area (Å²) >= 11 is 0. The Morgan fingerprint density at radius 2 is 2.11 bits per heavy atom. The van der Waals surface area contributed by atoms with Gasteiger partial charge in [0.1, 0.15) is 0 Å². The van der Waals surface area contributed by atoms with E-state index in [0.29, 0.717) is 17.7 Å². The zero-order chi connectivity index (χ0) is 13.1. The summed E-state index contributed by atoms with van der Waals surface area (Å²) in [7, 11) is 5.27. The second kappa shape index (κ2) is 5.40. The minimum atomic E-state index is 0.0297. The topological polar surface area (TPSA) is 41.6 Å². The van der Waals surface area contributed by atoms with Crippen LogP contribution < -0.4 is 5.32 Å². The van der Waals surface area contributed by atoms with Crippen molar-refractivity contribution in [2.24, 2.45) is 0 Å². The van der Waals surface area contributed by atoms with Crippen LogP contribution in [0, 0.1) is 0 Å². The third-order valence-corrected chi connectivity index (χ3v) is 3.31. The van der Waals surface area contributed by atoms with Crippen LogP contribution in [0.15, 0.2) is 24.3 Å². The molecule has 1 aromatic rings. The Kier molecular flexibility index (Phi) is 3.87. The first kappa shape index (κ1) is 12.9. The van der Waals surface area contributed by atoms with Gasteiger partial charge in [-0.2, -0.15) is 0 Å². The van der Waals surface area contributed by atoms with Gasteiger partial charge < -0.3 is 15.0 Å². The number of anilines is 1. The Labute approximate surface area is 108 Å². The van der Waals surface area contributed by atoms with E-state index in [1.807, 2.05) is 24.3 Å². The molecule has 4 nitrogen and oxygen atoms in total. The third kappa shape index (κ3) is 2.82. The average Bonchev–Trinajstić information content (AvgIpc) is 2.32. The van der Waals surface area contributed by atoms with E-state index in [4.69, 9.17) is 4.74 Å². The lowest BCUT2D eigenvalue weighted by molar-refractivity contribution is 0.0328. The lowest BCUT2D eigenvalue weighted by Gasteiger charge is -2.35. The van der Waals surface area contributed by atoms with Crippen molar-refractivity contribution in [2.75, 3.05) is 26.5 Å². The van der Waals surface area contributed by atoms with Crippen LogP contribution in [0.25, 0.3) is 0 Å². The number of ether oxygens (including phenoxy) is 1. The van der Waals surface area contributed by atoms with E-state index in [1.54, 1.807) is 26.1 Å². The fourth-order valence-corrected chi connectivity index (χ4v) is 2.11. The summed E-state index contributed by atoms with van der Waals surface area (Å²) in [6, 6.07) is 8.10. The molecule has 1 amide bonds. The predicted molar refractivity (Wildman–Crippen MR) is 71.9 cm³/mol. The Morgan fingerprint density at radius 1 is 1.39 bits per heavy atom. The molecule has 98 valence electrons. The summed E-state index contributed by atoms with van der Waals surface area (Å²) in [6.45, 7) is 0. The molecular weight excluding hydrogens is 228 g/mol. The second-order valence-electron chi connectivity index (χ2n) is 4.95. The van der Waals surface area contributed by atoms with Crippen molar-refractivity contribution in [1.82, 2.24) is 4.90 Å². The molecular formula is C14H20N2O2. The molecule has 0 unspecified atom stereocenters. The van der Waals surface area contributed by atoms with E-state index in [9.17, 15) is 4.79 Å². The molecule has 0 bridgehead atoms. The van der Waals surface area contributed by atoms with Crippen LogP contribution in [-0.2, 0) is 4.74 Å². The Morgan fingerprint density at radius 3 is 2.72 bits per heavy atom. The van der Waals surface area contributed by atoms with Gasteiger partial charge in [-0.15, -0.1) is 0 Å². The number of hydrogen-bond acceptors (Lipinski definition) is 3. The monoisotopic (exact) mass is 248 g/mol. The van der Waals surface area contributed by atoms with E-state index < -0.39 is 0 Å². The highest BCUT2D eigenvalue weighted by molar-refractivity contribution is 5.94. The van der Waals surface area contributed by atoms with E-state index in [1.165, 1.54) is 0 Å². The van der Waals surface area contributed by atoms with Crippen LogP contribution in [0.4, 0.5) is 5.69 Å². The third-order valence-electron chi connectivity index (χ3n) is 3.31. The number of nitrogens with one attached hydrogen (secondary N) is 1. The zero-order valence-electron chi connectivity index (χ0n) is 11.1. The van der Waals surface area contributed by atoms with Gasteiger partial charge >= 0.3 is 0 Å². The molecule has 0 aliphatic heterocycles. The maximum Gasteiger partial charge on any atom is 0.253 e. The van der Waals surface area contributed by atoms with Gasteiger partial charge in [-0.05, 0) is 31.0 Å². The molecule has 1 aliphatic carbocycles. The van der Waals surface area contributed by atoms with Crippen molar-refractivity contribution in [2.45, 2.75) is 25.0 Å². The van der Waals surface area contributed by atoms with Crippen LogP contribution in [0.3, 0.4) is 0 Å². The van der Waals surface area contributed by atoms with Gasteiger partial charge in [0.15, 0.2) is 0 Å². The first-order valence-corrected chi connectivity index (χ1v) is 6.21. The van der Waals surface area contributed by atoms with Gasteiger partial charge in [0, 0.05) is 38.5 Å². The molecule has 1 aliphatic rings. The van der Waals surface area contributed by atoms with Gasteiger partial charge in [0.2, 0.25) is 0 Å². The van der Waals surface area contributed by atoms with E-state index >= 15 is 0 Å². The molecule has 0 heterocycles. The van der Waals surface area contributed by atoms with Crippen molar-refractivity contribution in [3.05, 3.63) is 29.8 Å². The van der Waals surface area contributed by atoms with Crippen molar-refractivity contribution < 1.29 is 9.53 Å². The molecule has 0 saturated heterocycles. The molecule has 0 aromatic heterocycles. The number of benzene rings is 1. The SMILES string of the molecule is COC1CC(Nc2cccc(C(=O)N(C)C)c2)C1. The van der Waals surface area contributed by atoms with Crippen molar-refractivity contribution >= 4 is 11.6 Å². The van der Waals surface area contributed by atoms with Crippen LogP contribution in [-0.4, -0.2) is 44.2 Å². The van der Waals surface area contributed by atoms with Crippen LogP contribution in [0.5, 0.6) is 0 Å². The highest BCUT2D eigenvalue weighted by Gasteiger charge is 2.28. The molecule has 18 heavy (non-hydrogen) atoms. The first-order chi connectivity index (χ1) is 8.60. The van der Waals surface area contributed by atoms with Gasteiger partial charge in [0.25, 0.3) is 5.91 Å². The van der Waals surface area contributed by atoms with Crippen molar-refractivity contribution in [1.29, 1.82) is 0 Å². The van der Waals surface area contributed by atoms with Gasteiger partial charge in [-0.25, -0.2) is 0 Å². The number of nitrogens with zero attached hydrogens (tertiary/aromatic N) is 1. The molecule has 0 radical (unpaired) electrons. The van der Waals surface area contributed by atoms with Crippen LogP contribution in [0.1, 0.15) is 23.2 Å².